The van der Waals surface area contributed by atoms with Gasteiger partial charge in [-0.1, -0.05) is 42.5 Å². The second-order valence-corrected chi connectivity index (χ2v) is 7.52. The number of hydrogen-bond acceptors (Lipinski definition) is 4. The second-order valence-electron chi connectivity index (χ2n) is 5.78. The van der Waals surface area contributed by atoms with Gasteiger partial charge in [0.2, 0.25) is 0 Å². The van der Waals surface area contributed by atoms with E-state index in [9.17, 15) is 4.79 Å². The van der Waals surface area contributed by atoms with Crippen LogP contribution >= 0.6 is 23.1 Å². The highest BCUT2D eigenvalue weighted by atomic mass is 32.2. The van der Waals surface area contributed by atoms with Crippen molar-refractivity contribution in [1.29, 1.82) is 0 Å². The molecule has 0 unspecified atom stereocenters. The number of amides is 1. The van der Waals surface area contributed by atoms with Gasteiger partial charge in [0.25, 0.3) is 5.91 Å². The van der Waals surface area contributed by atoms with E-state index in [4.69, 9.17) is 0 Å². The lowest BCUT2D eigenvalue weighted by molar-refractivity contribution is 0.102. The Labute approximate surface area is 160 Å². The molecule has 4 rings (SSSR count). The van der Waals surface area contributed by atoms with Gasteiger partial charge < -0.3 is 5.32 Å². The molecule has 128 valence electrons. The van der Waals surface area contributed by atoms with Crippen molar-refractivity contribution < 1.29 is 4.79 Å². The Kier molecular flexibility index (Phi) is 5.00. The van der Waals surface area contributed by atoms with E-state index in [1.807, 2.05) is 71.6 Å². The predicted octanol–water partition coefficient (Wildman–Crippen LogP) is 5.84. The summed E-state index contributed by atoms with van der Waals surface area (Å²) in [6.45, 7) is 0. The van der Waals surface area contributed by atoms with Gasteiger partial charge in [0.05, 0.1) is 16.8 Å². The third-order valence-corrected chi connectivity index (χ3v) is 5.74. The fourth-order valence-electron chi connectivity index (χ4n) is 2.71. The van der Waals surface area contributed by atoms with Gasteiger partial charge in [-0.25, -0.2) is 4.98 Å². The van der Waals surface area contributed by atoms with E-state index in [1.54, 1.807) is 23.1 Å². The van der Waals surface area contributed by atoms with Crippen LogP contribution in [0, 0.1) is 0 Å². The van der Waals surface area contributed by atoms with Crippen molar-refractivity contribution in [2.75, 3.05) is 5.32 Å². The minimum atomic E-state index is -0.0957. The number of rotatable bonds is 5. The third kappa shape index (κ3) is 3.79. The van der Waals surface area contributed by atoms with E-state index < -0.39 is 0 Å². The van der Waals surface area contributed by atoms with Gasteiger partial charge in [-0.2, -0.15) is 0 Å². The molecule has 0 spiro atoms. The Morgan fingerprint density at radius 2 is 1.81 bits per heavy atom. The van der Waals surface area contributed by atoms with Crippen LogP contribution in [0.15, 0.2) is 82.5 Å². The first-order chi connectivity index (χ1) is 12.8. The molecule has 4 aromatic rings. The van der Waals surface area contributed by atoms with Crippen LogP contribution in [0.4, 0.5) is 5.69 Å². The molecular weight excluding hydrogens is 360 g/mol. The highest BCUT2D eigenvalue weighted by molar-refractivity contribution is 7.98. The standard InChI is InChI=1S/C21H16N2OS2/c24-21(23-17-10-9-15-5-1-2-6-16(15)11-17)19-7-3-4-8-20(19)26-13-18-12-25-14-22-18/h1-12,14H,13H2,(H,23,24). The van der Waals surface area contributed by atoms with Crippen molar-refractivity contribution >= 4 is 45.5 Å². The van der Waals surface area contributed by atoms with Gasteiger partial charge in [0, 0.05) is 21.7 Å². The lowest BCUT2D eigenvalue weighted by atomic mass is 10.1. The number of aromatic nitrogens is 1. The molecule has 0 aliphatic carbocycles. The Morgan fingerprint density at radius 3 is 2.65 bits per heavy atom. The van der Waals surface area contributed by atoms with Gasteiger partial charge in [-0.3, -0.25) is 4.79 Å². The van der Waals surface area contributed by atoms with Crippen LogP contribution in [0.25, 0.3) is 10.8 Å². The zero-order valence-electron chi connectivity index (χ0n) is 13.9. The van der Waals surface area contributed by atoms with Crippen LogP contribution in [0.1, 0.15) is 16.1 Å². The molecule has 0 bridgehead atoms. The van der Waals surface area contributed by atoms with E-state index >= 15 is 0 Å². The minimum Gasteiger partial charge on any atom is -0.322 e. The molecule has 1 N–H and O–H groups in total. The number of hydrogen-bond donors (Lipinski definition) is 1. The van der Waals surface area contributed by atoms with E-state index in [0.717, 1.165) is 32.8 Å². The summed E-state index contributed by atoms with van der Waals surface area (Å²) in [5, 5.41) is 7.32. The van der Waals surface area contributed by atoms with E-state index in [1.165, 1.54) is 0 Å². The first-order valence-corrected chi connectivity index (χ1v) is 10.1. The smallest absolute Gasteiger partial charge is 0.256 e. The zero-order valence-corrected chi connectivity index (χ0v) is 15.5. The zero-order chi connectivity index (χ0) is 17.8. The molecule has 0 saturated carbocycles. The summed E-state index contributed by atoms with van der Waals surface area (Å²) in [4.78, 5) is 18.1. The van der Waals surface area contributed by atoms with Crippen molar-refractivity contribution in [3.05, 3.63) is 88.9 Å². The van der Waals surface area contributed by atoms with Gasteiger partial charge in [0.1, 0.15) is 0 Å². The molecule has 0 aliphatic heterocycles. The van der Waals surface area contributed by atoms with Crippen LogP contribution in [-0.2, 0) is 5.75 Å². The maximum Gasteiger partial charge on any atom is 0.256 e. The lowest BCUT2D eigenvalue weighted by Gasteiger charge is -2.10. The van der Waals surface area contributed by atoms with Crippen LogP contribution in [-0.4, -0.2) is 10.9 Å². The van der Waals surface area contributed by atoms with Gasteiger partial charge in [-0.15, -0.1) is 23.1 Å². The number of anilines is 1. The van der Waals surface area contributed by atoms with Gasteiger partial charge >= 0.3 is 0 Å². The fraction of sp³-hybridized carbons (Fsp3) is 0.0476. The van der Waals surface area contributed by atoms with Gasteiger partial charge in [-0.05, 0) is 35.0 Å². The summed E-state index contributed by atoms with van der Waals surface area (Å²) >= 11 is 3.21. The average molecular weight is 377 g/mol. The maximum absolute atomic E-state index is 12.8. The number of carbonyl (C=O) groups excluding carboxylic acids is 1. The van der Waals surface area contributed by atoms with Crippen molar-refractivity contribution in [2.45, 2.75) is 10.6 Å². The molecule has 3 aromatic carbocycles. The molecule has 0 atom stereocenters. The first kappa shape index (κ1) is 16.8. The van der Waals surface area contributed by atoms with E-state index in [-0.39, 0.29) is 5.91 Å². The van der Waals surface area contributed by atoms with E-state index in [2.05, 4.69) is 16.4 Å². The van der Waals surface area contributed by atoms with Crippen molar-refractivity contribution in [3.8, 4) is 0 Å². The lowest BCUT2D eigenvalue weighted by Crippen LogP contribution is -2.12. The molecule has 1 amide bonds. The molecule has 1 aromatic heterocycles. The summed E-state index contributed by atoms with van der Waals surface area (Å²) in [5.41, 5.74) is 4.34. The molecule has 0 fully saturated rings. The van der Waals surface area contributed by atoms with Crippen molar-refractivity contribution in [2.24, 2.45) is 0 Å². The second kappa shape index (κ2) is 7.72. The summed E-state index contributed by atoms with van der Waals surface area (Å²) in [6.07, 6.45) is 0. The summed E-state index contributed by atoms with van der Waals surface area (Å²) < 4.78 is 0. The molecular formula is C21H16N2OS2. The fourth-order valence-corrected chi connectivity index (χ4v) is 4.32. The van der Waals surface area contributed by atoms with E-state index in [0.29, 0.717) is 5.56 Å². The number of nitrogens with zero attached hydrogens (tertiary/aromatic N) is 1. The molecule has 0 radical (unpaired) electrons. The van der Waals surface area contributed by atoms with Gasteiger partial charge in [0.15, 0.2) is 0 Å². The van der Waals surface area contributed by atoms with Crippen molar-refractivity contribution in [1.82, 2.24) is 4.98 Å². The molecule has 26 heavy (non-hydrogen) atoms. The number of carbonyl (C=O) groups is 1. The van der Waals surface area contributed by atoms with Crippen LogP contribution < -0.4 is 5.32 Å². The van der Waals surface area contributed by atoms with Crippen molar-refractivity contribution in [3.63, 3.8) is 0 Å². The third-order valence-electron chi connectivity index (χ3n) is 4.00. The Bertz CT molecular complexity index is 1040. The quantitative estimate of drug-likeness (QED) is 0.445. The highest BCUT2D eigenvalue weighted by Crippen LogP contribution is 2.27. The molecule has 1 heterocycles. The molecule has 3 nitrogen and oxygen atoms in total. The first-order valence-electron chi connectivity index (χ1n) is 8.19. The topological polar surface area (TPSA) is 42.0 Å². The normalized spacial score (nSPS) is 10.8. The number of benzene rings is 3. The number of thiazole rings is 1. The van der Waals surface area contributed by atoms with Crippen LogP contribution in [0.2, 0.25) is 0 Å². The number of thioether (sulfide) groups is 1. The Balaban J connectivity index is 1.53. The SMILES string of the molecule is O=C(Nc1ccc2ccccc2c1)c1ccccc1SCc1cscn1. The summed E-state index contributed by atoms with van der Waals surface area (Å²) in [5.74, 6) is 0.658. The summed E-state index contributed by atoms with van der Waals surface area (Å²) in [7, 11) is 0. The molecule has 0 aliphatic rings. The average Bonchev–Trinajstić information content (AvgIpc) is 3.20. The molecule has 0 saturated heterocycles. The largest absolute Gasteiger partial charge is 0.322 e. The Hall–Kier alpha value is -2.63. The predicted molar refractivity (Wildman–Crippen MR) is 110 cm³/mol. The molecule has 5 heteroatoms. The minimum absolute atomic E-state index is 0.0957. The van der Waals surface area contributed by atoms with Crippen LogP contribution in [0.3, 0.4) is 0 Å². The summed E-state index contributed by atoms with van der Waals surface area (Å²) in [6, 6.07) is 21.8. The van der Waals surface area contributed by atoms with Crippen LogP contribution in [0.5, 0.6) is 0 Å². The highest BCUT2D eigenvalue weighted by Gasteiger charge is 2.12. The maximum atomic E-state index is 12.8. The number of nitrogens with one attached hydrogen (secondary N) is 1. The monoisotopic (exact) mass is 376 g/mol. The Morgan fingerprint density at radius 1 is 1.00 bits per heavy atom. The number of fused-ring (bicyclic) bond motifs is 1.